The highest BCUT2D eigenvalue weighted by atomic mass is 16.2. The van der Waals surface area contributed by atoms with Crippen LogP contribution in [0.15, 0.2) is 29.2 Å². The Balaban J connectivity index is 2.62. The van der Waals surface area contributed by atoms with Gasteiger partial charge in [-0.1, -0.05) is 33.3 Å². The maximum Gasteiger partial charge on any atom is 0.259 e. The number of fused-ring (bicyclic) bond motifs is 1. The predicted octanol–water partition coefficient (Wildman–Crippen LogP) is 3.11. The number of carbonyl (C=O) groups is 1. The molecule has 0 aliphatic rings. The van der Waals surface area contributed by atoms with E-state index in [0.29, 0.717) is 23.5 Å². The lowest BCUT2D eigenvalue weighted by molar-refractivity contribution is 0.0791. The van der Waals surface area contributed by atoms with E-state index in [9.17, 15) is 9.59 Å². The second-order valence-electron chi connectivity index (χ2n) is 6.74. The molecule has 1 heterocycles. The lowest BCUT2D eigenvalue weighted by atomic mass is 10.1. The Morgan fingerprint density at radius 3 is 2.67 bits per heavy atom. The second kappa shape index (κ2) is 7.51. The molecule has 5 nitrogen and oxygen atoms in total. The minimum atomic E-state index is -0.281. The molecular formula is C19H27N3O2. The van der Waals surface area contributed by atoms with Crippen molar-refractivity contribution in [2.75, 3.05) is 19.3 Å². The fourth-order valence-corrected chi connectivity index (χ4v) is 2.86. The van der Waals surface area contributed by atoms with Crippen LogP contribution in [0.4, 0.5) is 5.69 Å². The molecule has 0 aliphatic carbocycles. The van der Waals surface area contributed by atoms with Crippen molar-refractivity contribution < 1.29 is 4.79 Å². The number of hydrogen-bond donors (Lipinski definition) is 1. The highest BCUT2D eigenvalue weighted by Crippen LogP contribution is 2.20. The van der Waals surface area contributed by atoms with Gasteiger partial charge < -0.3 is 15.2 Å². The third kappa shape index (κ3) is 3.61. The van der Waals surface area contributed by atoms with Gasteiger partial charge in [-0.2, -0.15) is 0 Å². The number of unbranched alkanes of at least 4 members (excludes halogenated alkanes) is 1. The molecule has 130 valence electrons. The van der Waals surface area contributed by atoms with Gasteiger partial charge in [0.2, 0.25) is 5.43 Å². The number of hydrogen-bond acceptors (Lipinski definition) is 3. The molecule has 0 radical (unpaired) electrons. The van der Waals surface area contributed by atoms with Gasteiger partial charge in [0.05, 0.1) is 10.9 Å². The van der Waals surface area contributed by atoms with E-state index in [1.165, 1.54) is 0 Å². The van der Waals surface area contributed by atoms with Crippen molar-refractivity contribution in [3.05, 3.63) is 40.2 Å². The zero-order valence-corrected chi connectivity index (χ0v) is 15.0. The van der Waals surface area contributed by atoms with Crippen molar-refractivity contribution >= 4 is 22.5 Å². The summed E-state index contributed by atoms with van der Waals surface area (Å²) in [6.07, 6.45) is 3.60. The molecule has 0 spiro atoms. The topological polar surface area (TPSA) is 68.3 Å². The molecule has 2 N–H and O–H groups in total. The van der Waals surface area contributed by atoms with E-state index in [-0.39, 0.29) is 16.9 Å². The number of nitrogens with two attached hydrogens (primary N) is 1. The van der Waals surface area contributed by atoms with Crippen molar-refractivity contribution in [2.45, 2.75) is 40.2 Å². The fourth-order valence-electron chi connectivity index (χ4n) is 2.86. The molecular weight excluding hydrogens is 302 g/mol. The van der Waals surface area contributed by atoms with Crippen molar-refractivity contribution in [3.8, 4) is 0 Å². The summed E-state index contributed by atoms with van der Waals surface area (Å²) in [5.41, 5.74) is 7.15. The van der Waals surface area contributed by atoms with Gasteiger partial charge in [-0.05, 0) is 24.5 Å². The first-order chi connectivity index (χ1) is 11.4. The predicted molar refractivity (Wildman–Crippen MR) is 99.3 cm³/mol. The van der Waals surface area contributed by atoms with Crippen molar-refractivity contribution in [1.82, 2.24) is 9.47 Å². The standard InChI is InChI=1S/C19H27N3O2/c1-5-6-10-21(4)19(24)14-12-22(11-13(2)3)16-9-7-8-15(20)17(16)18(14)23/h7-9,12-13H,5-6,10-11,20H2,1-4H3. The molecule has 24 heavy (non-hydrogen) atoms. The summed E-state index contributed by atoms with van der Waals surface area (Å²) in [7, 11) is 1.74. The molecule has 1 aromatic carbocycles. The van der Waals surface area contributed by atoms with Crippen molar-refractivity contribution in [2.24, 2.45) is 5.92 Å². The Morgan fingerprint density at radius 1 is 1.33 bits per heavy atom. The Kier molecular flexibility index (Phi) is 5.65. The number of amides is 1. The molecule has 2 aromatic rings. The van der Waals surface area contributed by atoms with Gasteiger partial charge in [0.1, 0.15) is 5.56 Å². The van der Waals surface area contributed by atoms with Crippen LogP contribution >= 0.6 is 0 Å². The molecule has 0 atom stereocenters. The SMILES string of the molecule is CCCCN(C)C(=O)c1cn(CC(C)C)c2cccc(N)c2c1=O. The monoisotopic (exact) mass is 329 g/mol. The maximum absolute atomic E-state index is 12.9. The first-order valence-electron chi connectivity index (χ1n) is 8.53. The average molecular weight is 329 g/mol. The smallest absolute Gasteiger partial charge is 0.259 e. The number of nitrogens with zero attached hydrogens (tertiary/aromatic N) is 2. The van der Waals surface area contributed by atoms with E-state index in [1.807, 2.05) is 16.7 Å². The first-order valence-corrected chi connectivity index (χ1v) is 8.53. The quantitative estimate of drug-likeness (QED) is 0.828. The van der Waals surface area contributed by atoms with E-state index < -0.39 is 0 Å². The van der Waals surface area contributed by atoms with Gasteiger partial charge >= 0.3 is 0 Å². The van der Waals surface area contributed by atoms with E-state index >= 15 is 0 Å². The molecule has 5 heteroatoms. The molecule has 0 aliphatic heterocycles. The van der Waals surface area contributed by atoms with E-state index in [0.717, 1.165) is 24.9 Å². The molecule has 2 rings (SSSR count). The molecule has 0 fully saturated rings. The lowest BCUT2D eigenvalue weighted by Gasteiger charge is -2.20. The van der Waals surface area contributed by atoms with Crippen LogP contribution in [0.1, 0.15) is 44.0 Å². The fraction of sp³-hybridized carbons (Fsp3) is 0.474. The Hall–Kier alpha value is -2.30. The van der Waals surface area contributed by atoms with Crippen LogP contribution in [-0.4, -0.2) is 29.0 Å². The number of benzene rings is 1. The largest absolute Gasteiger partial charge is 0.398 e. The van der Waals surface area contributed by atoms with Crippen LogP contribution < -0.4 is 11.2 Å². The first kappa shape index (κ1) is 18.0. The van der Waals surface area contributed by atoms with E-state index in [2.05, 4.69) is 20.8 Å². The third-order valence-corrected chi connectivity index (χ3v) is 4.13. The second-order valence-corrected chi connectivity index (χ2v) is 6.74. The zero-order valence-electron chi connectivity index (χ0n) is 15.0. The average Bonchev–Trinajstić information content (AvgIpc) is 2.54. The van der Waals surface area contributed by atoms with Crippen LogP contribution in [-0.2, 0) is 6.54 Å². The molecule has 1 amide bonds. The summed E-state index contributed by atoms with van der Waals surface area (Å²) in [6.45, 7) is 7.64. The molecule has 0 bridgehead atoms. The van der Waals surface area contributed by atoms with Gasteiger partial charge in [0.25, 0.3) is 5.91 Å². The summed E-state index contributed by atoms with van der Waals surface area (Å²) >= 11 is 0. The maximum atomic E-state index is 12.9. The van der Waals surface area contributed by atoms with Crippen LogP contribution in [0.3, 0.4) is 0 Å². The minimum Gasteiger partial charge on any atom is -0.398 e. The number of anilines is 1. The van der Waals surface area contributed by atoms with Crippen molar-refractivity contribution in [1.29, 1.82) is 0 Å². The normalized spacial score (nSPS) is 11.2. The van der Waals surface area contributed by atoms with Gasteiger partial charge in [-0.15, -0.1) is 0 Å². The van der Waals surface area contributed by atoms with Crippen LogP contribution in [0.25, 0.3) is 10.9 Å². The van der Waals surface area contributed by atoms with Crippen LogP contribution in [0.2, 0.25) is 0 Å². The molecule has 0 unspecified atom stereocenters. The van der Waals surface area contributed by atoms with E-state index in [1.54, 1.807) is 24.2 Å². The third-order valence-electron chi connectivity index (χ3n) is 4.13. The van der Waals surface area contributed by atoms with Crippen LogP contribution in [0.5, 0.6) is 0 Å². The number of carbonyl (C=O) groups excluding carboxylic acids is 1. The molecule has 1 aromatic heterocycles. The van der Waals surface area contributed by atoms with Crippen molar-refractivity contribution in [3.63, 3.8) is 0 Å². The zero-order chi connectivity index (χ0) is 17.9. The number of pyridine rings is 1. The van der Waals surface area contributed by atoms with Gasteiger partial charge in [-0.25, -0.2) is 0 Å². The Morgan fingerprint density at radius 2 is 2.04 bits per heavy atom. The molecule has 0 saturated heterocycles. The summed E-state index contributed by atoms with van der Waals surface area (Å²) in [5, 5.41) is 0.438. The van der Waals surface area contributed by atoms with Gasteiger partial charge in [-0.3, -0.25) is 9.59 Å². The Bertz CT molecular complexity index is 793. The number of aromatic nitrogens is 1. The lowest BCUT2D eigenvalue weighted by Crippen LogP contribution is -2.33. The van der Waals surface area contributed by atoms with Gasteiger partial charge in [0.15, 0.2) is 0 Å². The number of rotatable bonds is 6. The number of nitrogen functional groups attached to an aromatic ring is 1. The Labute approximate surface area is 143 Å². The highest BCUT2D eigenvalue weighted by molar-refractivity contribution is 6.00. The van der Waals surface area contributed by atoms with Gasteiger partial charge in [0, 0.05) is 32.0 Å². The summed E-state index contributed by atoms with van der Waals surface area (Å²) in [6, 6.07) is 5.42. The summed E-state index contributed by atoms with van der Waals surface area (Å²) in [4.78, 5) is 27.2. The van der Waals surface area contributed by atoms with E-state index in [4.69, 9.17) is 5.73 Å². The summed E-state index contributed by atoms with van der Waals surface area (Å²) in [5.74, 6) is 0.147. The van der Waals surface area contributed by atoms with Crippen LogP contribution in [0, 0.1) is 5.92 Å². The minimum absolute atomic E-state index is 0.194. The highest BCUT2D eigenvalue weighted by Gasteiger charge is 2.20. The summed E-state index contributed by atoms with van der Waals surface area (Å²) < 4.78 is 1.97. The molecule has 0 saturated carbocycles.